The number of amides is 1. The van der Waals surface area contributed by atoms with Crippen LogP contribution in [-0.2, 0) is 9.59 Å². The van der Waals surface area contributed by atoms with Crippen LogP contribution in [-0.4, -0.2) is 28.9 Å². The first-order valence-corrected chi connectivity index (χ1v) is 6.29. The van der Waals surface area contributed by atoms with Gasteiger partial charge in [0.2, 0.25) is 5.91 Å². The molecule has 1 aromatic rings. The lowest BCUT2D eigenvalue weighted by atomic mass is 10.0. The molecule has 0 aliphatic carbocycles. The Labute approximate surface area is 121 Å². The SMILES string of the molecule is CC(C(=O)O)=C(C)C(=O)N(C)C(C)c1ccc(F)c(F)c1. The summed E-state index contributed by atoms with van der Waals surface area (Å²) in [6, 6.07) is 2.87. The number of carbonyl (C=O) groups excluding carboxylic acids is 1. The van der Waals surface area contributed by atoms with Crippen molar-refractivity contribution < 1.29 is 23.5 Å². The summed E-state index contributed by atoms with van der Waals surface area (Å²) in [7, 11) is 1.48. The van der Waals surface area contributed by atoms with Crippen LogP contribution in [0.25, 0.3) is 0 Å². The molecule has 0 aliphatic rings. The van der Waals surface area contributed by atoms with Crippen molar-refractivity contribution in [3.05, 3.63) is 46.5 Å². The van der Waals surface area contributed by atoms with Crippen molar-refractivity contribution in [3.8, 4) is 0 Å². The first-order chi connectivity index (χ1) is 9.66. The Balaban J connectivity index is 3.04. The highest BCUT2D eigenvalue weighted by atomic mass is 19.2. The predicted molar refractivity (Wildman–Crippen MR) is 73.6 cm³/mol. The highest BCUT2D eigenvalue weighted by Crippen LogP contribution is 2.22. The summed E-state index contributed by atoms with van der Waals surface area (Å²) in [5.41, 5.74) is 0.467. The van der Waals surface area contributed by atoms with Gasteiger partial charge in [-0.05, 0) is 38.5 Å². The van der Waals surface area contributed by atoms with E-state index in [1.54, 1.807) is 6.92 Å². The molecule has 1 unspecified atom stereocenters. The van der Waals surface area contributed by atoms with Gasteiger partial charge in [0, 0.05) is 18.2 Å². The molecule has 0 saturated heterocycles. The number of rotatable bonds is 4. The Morgan fingerprint density at radius 1 is 1.14 bits per heavy atom. The normalized spacial score (nSPS) is 13.4. The summed E-state index contributed by atoms with van der Waals surface area (Å²) in [6.45, 7) is 4.40. The molecule has 0 heterocycles. The van der Waals surface area contributed by atoms with Crippen molar-refractivity contribution in [2.24, 2.45) is 0 Å². The first kappa shape index (κ1) is 16.8. The predicted octanol–water partition coefficient (Wildman–Crippen LogP) is 2.91. The van der Waals surface area contributed by atoms with Crippen molar-refractivity contribution in [1.82, 2.24) is 4.90 Å². The fourth-order valence-electron chi connectivity index (χ4n) is 1.76. The zero-order valence-corrected chi connectivity index (χ0v) is 12.3. The van der Waals surface area contributed by atoms with E-state index in [4.69, 9.17) is 5.11 Å². The van der Waals surface area contributed by atoms with Crippen molar-refractivity contribution >= 4 is 11.9 Å². The number of carbonyl (C=O) groups is 2. The summed E-state index contributed by atoms with van der Waals surface area (Å²) in [4.78, 5) is 24.3. The van der Waals surface area contributed by atoms with E-state index < -0.39 is 29.6 Å². The van der Waals surface area contributed by atoms with Crippen LogP contribution in [0.5, 0.6) is 0 Å². The van der Waals surface area contributed by atoms with E-state index in [-0.39, 0.29) is 11.1 Å². The fourth-order valence-corrected chi connectivity index (χ4v) is 1.76. The lowest BCUT2D eigenvalue weighted by Crippen LogP contribution is -2.31. The average Bonchev–Trinajstić information content (AvgIpc) is 2.46. The van der Waals surface area contributed by atoms with Gasteiger partial charge in [-0.15, -0.1) is 0 Å². The minimum Gasteiger partial charge on any atom is -0.478 e. The molecule has 6 heteroatoms. The molecule has 0 aromatic heterocycles. The number of nitrogens with zero attached hydrogens (tertiary/aromatic N) is 1. The maximum atomic E-state index is 13.2. The molecule has 4 nitrogen and oxygen atoms in total. The van der Waals surface area contributed by atoms with E-state index in [0.29, 0.717) is 5.56 Å². The van der Waals surface area contributed by atoms with Crippen LogP contribution >= 0.6 is 0 Å². The Morgan fingerprint density at radius 3 is 2.19 bits per heavy atom. The number of halogens is 2. The Bertz CT molecular complexity index is 611. The van der Waals surface area contributed by atoms with E-state index in [1.807, 2.05) is 0 Å². The number of likely N-dealkylation sites (N-methyl/N-ethyl adjacent to an activating group) is 1. The molecule has 0 fully saturated rings. The first-order valence-electron chi connectivity index (χ1n) is 6.29. The smallest absolute Gasteiger partial charge is 0.331 e. The zero-order chi connectivity index (χ0) is 16.3. The van der Waals surface area contributed by atoms with Crippen LogP contribution in [0.3, 0.4) is 0 Å². The van der Waals surface area contributed by atoms with E-state index in [2.05, 4.69) is 0 Å². The van der Waals surface area contributed by atoms with Crippen molar-refractivity contribution in [1.29, 1.82) is 0 Å². The van der Waals surface area contributed by atoms with Crippen LogP contribution in [0, 0.1) is 11.6 Å². The molecule has 1 N–H and O–H groups in total. The number of carboxylic acid groups (broad SMARTS) is 1. The number of carboxylic acids is 1. The standard InChI is InChI=1S/C15H17F2NO3/c1-8(9(2)15(20)21)14(19)18(4)10(3)11-5-6-12(16)13(17)7-11/h5-7,10H,1-4H3,(H,20,21). The zero-order valence-electron chi connectivity index (χ0n) is 12.3. The maximum Gasteiger partial charge on any atom is 0.331 e. The van der Waals surface area contributed by atoms with Gasteiger partial charge in [0.25, 0.3) is 0 Å². The van der Waals surface area contributed by atoms with Gasteiger partial charge in [0.05, 0.1) is 6.04 Å². The molecule has 1 amide bonds. The van der Waals surface area contributed by atoms with Crippen molar-refractivity contribution in [2.45, 2.75) is 26.8 Å². The minimum atomic E-state index is -1.17. The van der Waals surface area contributed by atoms with Gasteiger partial charge in [-0.3, -0.25) is 4.79 Å². The molecule has 1 rings (SSSR count). The third-order valence-electron chi connectivity index (χ3n) is 3.53. The van der Waals surface area contributed by atoms with Crippen molar-refractivity contribution in [3.63, 3.8) is 0 Å². The molecular weight excluding hydrogens is 280 g/mol. The molecule has 0 aliphatic heterocycles. The lowest BCUT2D eigenvalue weighted by molar-refractivity contribution is -0.134. The highest BCUT2D eigenvalue weighted by molar-refractivity contribution is 6.01. The monoisotopic (exact) mass is 297 g/mol. The van der Waals surface area contributed by atoms with E-state index in [0.717, 1.165) is 12.1 Å². The largest absolute Gasteiger partial charge is 0.478 e. The number of benzene rings is 1. The Kier molecular flexibility index (Phi) is 5.18. The molecule has 1 aromatic carbocycles. The second-order valence-electron chi connectivity index (χ2n) is 4.82. The molecule has 21 heavy (non-hydrogen) atoms. The minimum absolute atomic E-state index is 0.0515. The fraction of sp³-hybridized carbons (Fsp3) is 0.333. The van der Waals surface area contributed by atoms with Crippen LogP contribution in [0.15, 0.2) is 29.3 Å². The molecule has 0 saturated carbocycles. The number of hydrogen-bond acceptors (Lipinski definition) is 2. The number of hydrogen-bond donors (Lipinski definition) is 1. The number of aliphatic carboxylic acids is 1. The summed E-state index contributed by atoms with van der Waals surface area (Å²) in [5.74, 6) is -3.60. The Hall–Kier alpha value is -2.24. The van der Waals surface area contributed by atoms with Crippen LogP contribution in [0.1, 0.15) is 32.4 Å². The van der Waals surface area contributed by atoms with Crippen LogP contribution < -0.4 is 0 Å². The van der Waals surface area contributed by atoms with Crippen LogP contribution in [0.2, 0.25) is 0 Å². The van der Waals surface area contributed by atoms with E-state index in [9.17, 15) is 18.4 Å². The maximum absolute atomic E-state index is 13.2. The van der Waals surface area contributed by atoms with Gasteiger partial charge in [0.15, 0.2) is 11.6 Å². The Morgan fingerprint density at radius 2 is 1.71 bits per heavy atom. The lowest BCUT2D eigenvalue weighted by Gasteiger charge is -2.26. The van der Waals surface area contributed by atoms with E-state index >= 15 is 0 Å². The molecule has 114 valence electrons. The summed E-state index contributed by atoms with van der Waals surface area (Å²) in [6.07, 6.45) is 0. The molecule has 0 spiro atoms. The molecular formula is C15H17F2NO3. The third-order valence-corrected chi connectivity index (χ3v) is 3.53. The summed E-state index contributed by atoms with van der Waals surface area (Å²) < 4.78 is 26.1. The topological polar surface area (TPSA) is 57.6 Å². The van der Waals surface area contributed by atoms with Gasteiger partial charge in [-0.1, -0.05) is 6.07 Å². The van der Waals surface area contributed by atoms with Crippen molar-refractivity contribution in [2.75, 3.05) is 7.05 Å². The van der Waals surface area contributed by atoms with Crippen LogP contribution in [0.4, 0.5) is 8.78 Å². The van der Waals surface area contributed by atoms with Gasteiger partial charge in [-0.2, -0.15) is 0 Å². The van der Waals surface area contributed by atoms with Gasteiger partial charge in [-0.25, -0.2) is 13.6 Å². The summed E-state index contributed by atoms with van der Waals surface area (Å²) in [5, 5.41) is 8.89. The second-order valence-corrected chi connectivity index (χ2v) is 4.82. The molecule has 1 atom stereocenters. The van der Waals surface area contributed by atoms with Gasteiger partial charge in [0.1, 0.15) is 0 Å². The molecule has 0 radical (unpaired) electrons. The highest BCUT2D eigenvalue weighted by Gasteiger charge is 2.22. The van der Waals surface area contributed by atoms with Gasteiger partial charge < -0.3 is 10.0 Å². The average molecular weight is 297 g/mol. The van der Waals surface area contributed by atoms with E-state index in [1.165, 1.54) is 31.9 Å². The third kappa shape index (κ3) is 3.65. The van der Waals surface area contributed by atoms with Gasteiger partial charge >= 0.3 is 5.97 Å². The quantitative estimate of drug-likeness (QED) is 0.869. The second kappa shape index (κ2) is 6.47. The summed E-state index contributed by atoms with van der Waals surface area (Å²) >= 11 is 0. The molecule has 0 bridgehead atoms.